The predicted octanol–water partition coefficient (Wildman–Crippen LogP) is 6.77. The number of hydrogen-bond donors (Lipinski definition) is 2. The Labute approximate surface area is 195 Å². The number of nitrogens with zero attached hydrogens (tertiary/aromatic N) is 1. The number of carbonyl (C=O) groups is 1. The van der Waals surface area contributed by atoms with Crippen molar-refractivity contribution in [3.8, 4) is 22.9 Å². The summed E-state index contributed by atoms with van der Waals surface area (Å²) >= 11 is 0. The standard InChI is InChI=1S/C28H33NO4/c1-3-5-7-19-9-11-21-23(15-16-33-28(32)29-26(30)13-14-27(29)31)22-12-10-20(8-6-4-2)18-25(22)24(21)17-19/h9-14,17-18,23,30-31H,3-8,15-16H2,1-2H3. The van der Waals surface area contributed by atoms with Crippen molar-refractivity contribution in [2.45, 2.75) is 64.7 Å². The third kappa shape index (κ3) is 4.77. The van der Waals surface area contributed by atoms with Gasteiger partial charge in [-0.3, -0.25) is 0 Å². The molecule has 2 aromatic carbocycles. The number of aryl methyl sites for hydroxylation is 2. The molecule has 3 aromatic rings. The summed E-state index contributed by atoms with van der Waals surface area (Å²) < 4.78 is 6.16. The molecule has 0 saturated heterocycles. The van der Waals surface area contributed by atoms with Crippen molar-refractivity contribution in [3.05, 3.63) is 70.8 Å². The topological polar surface area (TPSA) is 71.7 Å². The average Bonchev–Trinajstić information content (AvgIpc) is 3.32. The number of hydrogen-bond acceptors (Lipinski definition) is 4. The van der Waals surface area contributed by atoms with Crippen LogP contribution in [0.3, 0.4) is 0 Å². The van der Waals surface area contributed by atoms with Gasteiger partial charge < -0.3 is 14.9 Å². The Morgan fingerprint density at radius 3 is 1.85 bits per heavy atom. The number of unbranched alkanes of at least 4 members (excludes halogenated alkanes) is 2. The van der Waals surface area contributed by atoms with Gasteiger partial charge in [-0.25, -0.2) is 4.79 Å². The highest BCUT2D eigenvalue weighted by Gasteiger charge is 2.29. The van der Waals surface area contributed by atoms with Gasteiger partial charge in [-0.05, 0) is 65.5 Å². The van der Waals surface area contributed by atoms with E-state index in [0.29, 0.717) is 6.42 Å². The lowest BCUT2D eigenvalue weighted by Gasteiger charge is -2.15. The number of ether oxygens (including phenoxy) is 1. The number of aromatic hydroxyl groups is 2. The first kappa shape index (κ1) is 23.0. The molecule has 5 heteroatoms. The highest BCUT2D eigenvalue weighted by molar-refractivity contribution is 5.80. The second-order valence-corrected chi connectivity index (χ2v) is 8.89. The molecule has 5 nitrogen and oxygen atoms in total. The minimum absolute atomic E-state index is 0.148. The largest absolute Gasteiger partial charge is 0.494 e. The minimum Gasteiger partial charge on any atom is -0.494 e. The van der Waals surface area contributed by atoms with Crippen LogP contribution in [-0.2, 0) is 17.6 Å². The molecule has 174 valence electrons. The van der Waals surface area contributed by atoms with E-state index in [9.17, 15) is 15.0 Å². The zero-order valence-corrected chi connectivity index (χ0v) is 19.5. The van der Waals surface area contributed by atoms with Crippen molar-refractivity contribution < 1.29 is 19.7 Å². The number of aromatic nitrogens is 1. The molecule has 1 aliphatic carbocycles. The zero-order chi connectivity index (χ0) is 23.4. The fraction of sp³-hybridized carbons (Fsp3) is 0.393. The molecule has 0 atom stereocenters. The van der Waals surface area contributed by atoms with Gasteiger partial charge in [0.25, 0.3) is 0 Å². The molecule has 0 spiro atoms. The molecule has 0 radical (unpaired) electrons. The third-order valence-electron chi connectivity index (χ3n) is 6.57. The molecule has 0 aliphatic heterocycles. The smallest absolute Gasteiger partial charge is 0.423 e. The molecule has 0 amide bonds. The molecule has 1 aliphatic rings. The predicted molar refractivity (Wildman–Crippen MR) is 130 cm³/mol. The molecule has 0 saturated carbocycles. The maximum atomic E-state index is 12.3. The van der Waals surface area contributed by atoms with Gasteiger partial charge in [-0.1, -0.05) is 63.1 Å². The Balaban J connectivity index is 1.56. The van der Waals surface area contributed by atoms with Crippen molar-refractivity contribution in [1.82, 2.24) is 4.57 Å². The fourth-order valence-electron chi connectivity index (χ4n) is 4.76. The van der Waals surface area contributed by atoms with Crippen molar-refractivity contribution in [3.63, 3.8) is 0 Å². The molecule has 1 heterocycles. The molecule has 0 unspecified atom stereocenters. The van der Waals surface area contributed by atoms with Crippen LogP contribution in [-0.4, -0.2) is 27.5 Å². The maximum Gasteiger partial charge on any atom is 0.423 e. The lowest BCUT2D eigenvalue weighted by atomic mass is 9.92. The van der Waals surface area contributed by atoms with E-state index in [1.54, 1.807) is 0 Å². The molecule has 2 N–H and O–H groups in total. The molecule has 0 bridgehead atoms. The van der Waals surface area contributed by atoms with Crippen LogP contribution < -0.4 is 0 Å². The van der Waals surface area contributed by atoms with E-state index in [2.05, 4.69) is 50.2 Å². The summed E-state index contributed by atoms with van der Waals surface area (Å²) in [5, 5.41) is 19.5. The number of fused-ring (bicyclic) bond motifs is 3. The zero-order valence-electron chi connectivity index (χ0n) is 19.5. The van der Waals surface area contributed by atoms with Gasteiger partial charge in [0.1, 0.15) is 0 Å². The average molecular weight is 448 g/mol. The summed E-state index contributed by atoms with van der Waals surface area (Å²) in [6.45, 7) is 4.62. The second kappa shape index (κ2) is 10.2. The van der Waals surface area contributed by atoms with Gasteiger partial charge in [0.2, 0.25) is 11.8 Å². The summed E-state index contributed by atoms with van der Waals surface area (Å²) in [5.41, 5.74) is 7.89. The van der Waals surface area contributed by atoms with E-state index in [0.717, 1.165) is 17.4 Å². The van der Waals surface area contributed by atoms with Gasteiger partial charge in [0, 0.05) is 18.1 Å². The molecule has 0 fully saturated rings. The van der Waals surface area contributed by atoms with E-state index in [-0.39, 0.29) is 24.3 Å². The first-order valence-electron chi connectivity index (χ1n) is 12.1. The molecular weight excluding hydrogens is 414 g/mol. The van der Waals surface area contributed by atoms with E-state index in [4.69, 9.17) is 4.74 Å². The SMILES string of the molecule is CCCCc1ccc2c(c1)-c1cc(CCCC)ccc1C2CCOC(=O)n1c(O)ccc1O. The van der Waals surface area contributed by atoms with Crippen LogP contribution >= 0.6 is 0 Å². The number of carbonyl (C=O) groups excluding carboxylic acids is 1. The van der Waals surface area contributed by atoms with Gasteiger partial charge in [-0.15, -0.1) is 0 Å². The third-order valence-corrected chi connectivity index (χ3v) is 6.57. The Kier molecular flexibility index (Phi) is 7.07. The van der Waals surface area contributed by atoms with E-state index < -0.39 is 6.09 Å². The minimum atomic E-state index is -0.779. The summed E-state index contributed by atoms with van der Waals surface area (Å²) in [7, 11) is 0. The normalized spacial score (nSPS) is 12.5. The summed E-state index contributed by atoms with van der Waals surface area (Å²) in [6.07, 6.45) is 6.74. The Hall–Kier alpha value is -3.21. The van der Waals surface area contributed by atoms with Crippen molar-refractivity contribution >= 4 is 6.09 Å². The van der Waals surface area contributed by atoms with Crippen LogP contribution in [0.1, 0.15) is 74.1 Å². The lowest BCUT2D eigenvalue weighted by molar-refractivity contribution is 0.140. The molecule has 4 rings (SSSR count). The Morgan fingerprint density at radius 1 is 0.848 bits per heavy atom. The van der Waals surface area contributed by atoms with Crippen molar-refractivity contribution in [2.75, 3.05) is 6.61 Å². The fourth-order valence-corrected chi connectivity index (χ4v) is 4.76. The van der Waals surface area contributed by atoms with Crippen molar-refractivity contribution in [1.29, 1.82) is 0 Å². The molecular formula is C28H33NO4. The van der Waals surface area contributed by atoms with E-state index >= 15 is 0 Å². The summed E-state index contributed by atoms with van der Waals surface area (Å²) in [4.78, 5) is 12.3. The van der Waals surface area contributed by atoms with Crippen molar-refractivity contribution in [2.24, 2.45) is 0 Å². The number of rotatable bonds is 9. The molecule has 1 aromatic heterocycles. The molecule has 33 heavy (non-hydrogen) atoms. The van der Waals surface area contributed by atoms with Gasteiger partial charge in [0.15, 0.2) is 0 Å². The first-order valence-corrected chi connectivity index (χ1v) is 12.1. The van der Waals surface area contributed by atoms with Crippen LogP contribution in [0.4, 0.5) is 4.79 Å². The van der Waals surface area contributed by atoms with Crippen LogP contribution in [0.5, 0.6) is 11.8 Å². The maximum absolute atomic E-state index is 12.3. The Bertz CT molecular complexity index is 1050. The first-order chi connectivity index (χ1) is 16.0. The van der Waals surface area contributed by atoms with Gasteiger partial charge in [-0.2, -0.15) is 4.57 Å². The van der Waals surface area contributed by atoms with Gasteiger partial charge >= 0.3 is 6.09 Å². The van der Waals surface area contributed by atoms with E-state index in [1.807, 2.05) is 0 Å². The summed E-state index contributed by atoms with van der Waals surface area (Å²) in [6, 6.07) is 16.1. The van der Waals surface area contributed by atoms with Crippen LogP contribution in [0.2, 0.25) is 0 Å². The number of benzene rings is 2. The second-order valence-electron chi connectivity index (χ2n) is 8.89. The van der Waals surface area contributed by atoms with Crippen LogP contribution in [0.25, 0.3) is 11.1 Å². The monoisotopic (exact) mass is 447 g/mol. The lowest BCUT2D eigenvalue weighted by Crippen LogP contribution is -2.15. The summed E-state index contributed by atoms with van der Waals surface area (Å²) in [5.74, 6) is -0.531. The Morgan fingerprint density at radius 2 is 1.36 bits per heavy atom. The van der Waals surface area contributed by atoms with E-state index in [1.165, 1.54) is 71.2 Å². The highest BCUT2D eigenvalue weighted by atomic mass is 16.6. The van der Waals surface area contributed by atoms with Crippen LogP contribution in [0.15, 0.2) is 48.5 Å². The van der Waals surface area contributed by atoms with Gasteiger partial charge in [0.05, 0.1) is 6.61 Å². The van der Waals surface area contributed by atoms with Crippen LogP contribution in [0, 0.1) is 0 Å². The highest BCUT2D eigenvalue weighted by Crippen LogP contribution is 2.47. The quantitative estimate of drug-likeness (QED) is 0.380.